The fraction of sp³-hybridized carbons (Fsp3) is 0.412. The molecular formula is C34H38FN3O5. The molecule has 2 aliphatic heterocycles. The molecule has 2 aliphatic rings. The van der Waals surface area contributed by atoms with Crippen molar-refractivity contribution < 1.29 is 28.5 Å². The van der Waals surface area contributed by atoms with Gasteiger partial charge in [0.1, 0.15) is 18.0 Å². The smallest absolute Gasteiger partial charge is 0.337 e. The van der Waals surface area contributed by atoms with E-state index < -0.39 is 23.5 Å². The largest absolute Gasteiger partial charge is 0.490 e. The minimum absolute atomic E-state index is 0.283. The molecule has 9 heteroatoms. The van der Waals surface area contributed by atoms with E-state index in [9.17, 15) is 9.90 Å². The van der Waals surface area contributed by atoms with Crippen LogP contribution < -0.4 is 14.4 Å². The van der Waals surface area contributed by atoms with E-state index in [0.717, 1.165) is 52.2 Å². The van der Waals surface area contributed by atoms with Crippen molar-refractivity contribution in [1.29, 1.82) is 0 Å². The Hall–Kier alpha value is -4.11. The number of benzene rings is 2. The molecule has 2 aromatic heterocycles. The third-order valence-corrected chi connectivity index (χ3v) is 8.42. The molecule has 0 spiro atoms. The molecule has 0 saturated heterocycles. The Bertz CT molecular complexity index is 1770. The summed E-state index contributed by atoms with van der Waals surface area (Å²) < 4.78 is 35.5. The average Bonchev–Trinajstić information content (AvgIpc) is 3.28. The number of hydrogen-bond acceptors (Lipinski definition) is 6. The van der Waals surface area contributed by atoms with Crippen LogP contribution in [-0.4, -0.2) is 53.0 Å². The summed E-state index contributed by atoms with van der Waals surface area (Å²) in [7, 11) is 3.99. The number of aliphatic carboxylic acids is 1. The number of anilines is 1. The van der Waals surface area contributed by atoms with Crippen molar-refractivity contribution in [2.45, 2.75) is 59.2 Å². The summed E-state index contributed by atoms with van der Waals surface area (Å²) in [5, 5.41) is 11.2. The molecule has 0 fully saturated rings. The van der Waals surface area contributed by atoms with Crippen LogP contribution in [0.15, 0.2) is 30.3 Å². The normalized spacial score (nSPS) is 15.5. The van der Waals surface area contributed by atoms with Gasteiger partial charge in [-0.15, -0.1) is 0 Å². The fourth-order valence-corrected chi connectivity index (χ4v) is 6.36. The number of halogens is 1. The first-order valence-electron chi connectivity index (χ1n) is 14.7. The Morgan fingerprint density at radius 1 is 1.12 bits per heavy atom. The topological polar surface area (TPSA) is 86.0 Å². The summed E-state index contributed by atoms with van der Waals surface area (Å²) in [6.45, 7) is 11.1. The first-order valence-corrected chi connectivity index (χ1v) is 14.7. The monoisotopic (exact) mass is 587 g/mol. The number of likely N-dealkylation sites (N-methyl/N-ethyl adjacent to an activating group) is 1. The quantitative estimate of drug-likeness (QED) is 0.276. The van der Waals surface area contributed by atoms with Gasteiger partial charge in [-0.3, -0.25) is 0 Å². The summed E-state index contributed by atoms with van der Waals surface area (Å²) in [6, 6.07) is 9.59. The SMILES string of the molecule is Cc1nc2c(cc(-c3ccc4c(c3)N(C)CCO4)n2C)c(-c2cc(F)c3c(c2C)CCCO3)c1[C@H](OC(C)(C)C)C(=O)O. The van der Waals surface area contributed by atoms with Gasteiger partial charge < -0.3 is 28.8 Å². The number of ether oxygens (including phenoxy) is 3. The molecule has 1 atom stereocenters. The highest BCUT2D eigenvalue weighted by molar-refractivity contribution is 6.01. The Balaban J connectivity index is 1.67. The second-order valence-electron chi connectivity index (χ2n) is 12.5. The molecule has 0 saturated carbocycles. The number of carboxylic acid groups (broad SMARTS) is 1. The molecule has 0 bridgehead atoms. The highest BCUT2D eigenvalue weighted by atomic mass is 19.1. The third kappa shape index (κ3) is 4.99. The van der Waals surface area contributed by atoms with Crippen LogP contribution in [0.1, 0.15) is 55.7 Å². The molecular weight excluding hydrogens is 549 g/mol. The number of hydrogen-bond donors (Lipinski definition) is 1. The number of rotatable bonds is 5. The molecule has 1 N–H and O–H groups in total. The fourth-order valence-electron chi connectivity index (χ4n) is 6.36. The first kappa shape index (κ1) is 29.0. The summed E-state index contributed by atoms with van der Waals surface area (Å²) in [5.74, 6) is -0.472. The highest BCUT2D eigenvalue weighted by Gasteiger charge is 2.34. The molecule has 0 unspecified atom stereocenters. The third-order valence-electron chi connectivity index (χ3n) is 8.42. The maximum atomic E-state index is 15.7. The second kappa shape index (κ2) is 10.6. The van der Waals surface area contributed by atoms with Crippen LogP contribution in [0.2, 0.25) is 0 Å². The van der Waals surface area contributed by atoms with Crippen LogP contribution in [-0.2, 0) is 23.0 Å². The zero-order chi connectivity index (χ0) is 30.8. The highest BCUT2D eigenvalue weighted by Crippen LogP contribution is 2.46. The van der Waals surface area contributed by atoms with Gasteiger partial charge in [0.2, 0.25) is 0 Å². The van der Waals surface area contributed by atoms with Crippen LogP contribution in [0, 0.1) is 19.7 Å². The predicted molar refractivity (Wildman–Crippen MR) is 165 cm³/mol. The molecule has 0 amide bonds. The number of fused-ring (bicyclic) bond motifs is 3. The lowest BCUT2D eigenvalue weighted by Crippen LogP contribution is -2.28. The van der Waals surface area contributed by atoms with Crippen molar-refractivity contribution in [2.24, 2.45) is 7.05 Å². The number of aromatic nitrogens is 2. The van der Waals surface area contributed by atoms with Gasteiger partial charge >= 0.3 is 5.97 Å². The van der Waals surface area contributed by atoms with Crippen LogP contribution in [0.5, 0.6) is 11.5 Å². The lowest BCUT2D eigenvalue weighted by atomic mass is 9.86. The Morgan fingerprint density at radius 3 is 2.60 bits per heavy atom. The second-order valence-corrected chi connectivity index (χ2v) is 12.5. The molecule has 4 aromatic rings. The lowest BCUT2D eigenvalue weighted by molar-refractivity contribution is -0.160. The minimum Gasteiger partial charge on any atom is -0.490 e. The summed E-state index contributed by atoms with van der Waals surface area (Å²) in [5.41, 5.74) is 6.60. The van der Waals surface area contributed by atoms with E-state index in [2.05, 4.69) is 11.0 Å². The zero-order valence-corrected chi connectivity index (χ0v) is 25.8. The van der Waals surface area contributed by atoms with Crippen LogP contribution in [0.25, 0.3) is 33.4 Å². The van der Waals surface area contributed by atoms with Crippen molar-refractivity contribution in [3.63, 3.8) is 0 Å². The van der Waals surface area contributed by atoms with E-state index in [1.807, 2.05) is 64.6 Å². The maximum absolute atomic E-state index is 15.7. The van der Waals surface area contributed by atoms with Gasteiger partial charge in [-0.25, -0.2) is 14.2 Å². The molecule has 43 heavy (non-hydrogen) atoms. The molecule has 0 aliphatic carbocycles. The molecule has 6 rings (SSSR count). The van der Waals surface area contributed by atoms with Crippen molar-refractivity contribution in [3.8, 4) is 33.9 Å². The summed E-state index contributed by atoms with van der Waals surface area (Å²) >= 11 is 0. The molecule has 0 radical (unpaired) electrons. The van der Waals surface area contributed by atoms with Gasteiger partial charge in [0, 0.05) is 47.4 Å². The summed E-state index contributed by atoms with van der Waals surface area (Å²) in [4.78, 5) is 19.9. The molecule has 226 valence electrons. The number of carboxylic acids is 1. The molecule has 8 nitrogen and oxygen atoms in total. The number of pyridine rings is 1. The minimum atomic E-state index is -1.32. The van der Waals surface area contributed by atoms with Gasteiger partial charge in [0.25, 0.3) is 0 Å². The number of carbonyl (C=O) groups is 1. The van der Waals surface area contributed by atoms with Crippen molar-refractivity contribution in [2.75, 3.05) is 31.7 Å². The first-order chi connectivity index (χ1) is 20.4. The maximum Gasteiger partial charge on any atom is 0.337 e. The van der Waals surface area contributed by atoms with E-state index in [0.29, 0.717) is 47.7 Å². The van der Waals surface area contributed by atoms with E-state index in [4.69, 9.17) is 19.2 Å². The van der Waals surface area contributed by atoms with Gasteiger partial charge in [-0.05, 0) is 88.9 Å². The number of aryl methyl sites for hydroxylation is 2. The molecule has 4 heterocycles. The van der Waals surface area contributed by atoms with Gasteiger partial charge in [0.05, 0.1) is 30.1 Å². The Kier molecular flexibility index (Phi) is 7.12. The Morgan fingerprint density at radius 2 is 1.88 bits per heavy atom. The van der Waals surface area contributed by atoms with Crippen LogP contribution in [0.4, 0.5) is 10.1 Å². The van der Waals surface area contributed by atoms with Crippen molar-refractivity contribution in [1.82, 2.24) is 9.55 Å². The zero-order valence-electron chi connectivity index (χ0n) is 25.8. The van der Waals surface area contributed by atoms with Crippen LogP contribution >= 0.6 is 0 Å². The Labute approximate surface area is 251 Å². The van der Waals surface area contributed by atoms with Gasteiger partial charge in [-0.2, -0.15) is 0 Å². The predicted octanol–water partition coefficient (Wildman–Crippen LogP) is 6.76. The van der Waals surface area contributed by atoms with Gasteiger partial charge in [0.15, 0.2) is 17.7 Å². The summed E-state index contributed by atoms with van der Waals surface area (Å²) in [6.07, 6.45) is 0.144. The van der Waals surface area contributed by atoms with Gasteiger partial charge in [-0.1, -0.05) is 0 Å². The van der Waals surface area contributed by atoms with E-state index in [-0.39, 0.29) is 5.75 Å². The molecule has 2 aromatic carbocycles. The van der Waals surface area contributed by atoms with E-state index in [1.165, 1.54) is 6.07 Å². The number of nitrogens with zero attached hydrogens (tertiary/aromatic N) is 3. The van der Waals surface area contributed by atoms with Crippen molar-refractivity contribution in [3.05, 3.63) is 58.5 Å². The standard InChI is InChI=1S/C34H38FN3O5/c1-18-21-9-8-13-42-30(21)24(35)16-22(18)29-23-17-25(20-10-11-27-26(15-20)37(6)12-14-41-27)38(7)32(23)36-19(2)28(29)31(33(39)40)43-34(3,4)5/h10-11,15-17,31H,8-9,12-14H2,1-7H3,(H,39,40)/t31-/m0/s1. The van der Waals surface area contributed by atoms with E-state index in [1.54, 1.807) is 6.92 Å². The van der Waals surface area contributed by atoms with Crippen LogP contribution in [0.3, 0.4) is 0 Å². The van der Waals surface area contributed by atoms with Crippen molar-refractivity contribution >= 4 is 22.7 Å². The van der Waals surface area contributed by atoms with E-state index >= 15 is 4.39 Å². The average molecular weight is 588 g/mol. The lowest BCUT2D eigenvalue weighted by Gasteiger charge is -2.29.